The van der Waals surface area contributed by atoms with Crippen molar-refractivity contribution in [1.29, 1.82) is 0 Å². The molecule has 14 nitrogen and oxygen atoms in total. The molecule has 0 saturated heterocycles. The number of anilines is 1. The van der Waals surface area contributed by atoms with Crippen molar-refractivity contribution in [3.63, 3.8) is 0 Å². The van der Waals surface area contributed by atoms with Gasteiger partial charge in [-0.25, -0.2) is 18.6 Å². The van der Waals surface area contributed by atoms with Gasteiger partial charge in [0.1, 0.15) is 23.3 Å². The van der Waals surface area contributed by atoms with Crippen LogP contribution in [0.3, 0.4) is 0 Å². The molecular weight excluding hydrogens is 729 g/mol. The average Bonchev–Trinajstić information content (AvgIpc) is 3.12. The molecule has 1 aromatic heterocycles. The molecule has 5 aromatic rings. The normalized spacial score (nSPS) is 10.3. The number of fused-ring (bicyclic) bond motifs is 1. The maximum absolute atomic E-state index is 13.0. The lowest BCUT2D eigenvalue weighted by Crippen LogP contribution is -2.26. The summed E-state index contributed by atoms with van der Waals surface area (Å²) in [6.45, 7) is 0.851. The summed E-state index contributed by atoms with van der Waals surface area (Å²) in [5.74, 6) is -1.65. The van der Waals surface area contributed by atoms with Gasteiger partial charge in [0.2, 0.25) is 5.91 Å². The first kappa shape index (κ1) is 40.4. The molecule has 4 aromatic carbocycles. The van der Waals surface area contributed by atoms with Crippen molar-refractivity contribution in [3.8, 4) is 0 Å². The van der Waals surface area contributed by atoms with E-state index in [-0.39, 0.29) is 63.0 Å². The third-order valence-corrected chi connectivity index (χ3v) is 7.61. The van der Waals surface area contributed by atoms with Gasteiger partial charge in [0.25, 0.3) is 16.9 Å². The number of nitro groups is 2. The number of nitrogen functional groups attached to an aromatic ring is 1. The second-order valence-corrected chi connectivity index (χ2v) is 11.2. The molecule has 0 atom stereocenters. The summed E-state index contributed by atoms with van der Waals surface area (Å²) in [4.78, 5) is 58.1. The maximum atomic E-state index is 13.0. The van der Waals surface area contributed by atoms with E-state index in [1.165, 1.54) is 47.0 Å². The Kier molecular flexibility index (Phi) is 15.1. The Bertz CT molecular complexity index is 2120. The predicted molar refractivity (Wildman–Crippen MR) is 191 cm³/mol. The number of halogens is 4. The first-order chi connectivity index (χ1) is 24.7. The lowest BCUT2D eigenvalue weighted by Gasteiger charge is -2.12. The van der Waals surface area contributed by atoms with Gasteiger partial charge in [-0.3, -0.25) is 34.4 Å². The zero-order valence-corrected chi connectivity index (χ0v) is 28.5. The highest BCUT2D eigenvalue weighted by atomic mass is 35.5. The van der Waals surface area contributed by atoms with Gasteiger partial charge in [-0.2, -0.15) is 0 Å². The number of hydrogen-bond acceptors (Lipinski definition) is 9. The minimum atomic E-state index is -1.20. The number of carboxylic acids is 1. The van der Waals surface area contributed by atoms with Crippen LogP contribution in [0.1, 0.15) is 27.3 Å². The summed E-state index contributed by atoms with van der Waals surface area (Å²) in [6, 6.07) is 19.4. The minimum absolute atomic E-state index is 0.00269. The number of nitrogens with two attached hydrogens (primary N) is 1. The van der Waals surface area contributed by atoms with E-state index in [1.807, 2.05) is 0 Å². The second kappa shape index (κ2) is 19.4. The van der Waals surface area contributed by atoms with Gasteiger partial charge in [-0.1, -0.05) is 24.3 Å². The molecule has 52 heavy (non-hydrogen) atoms. The van der Waals surface area contributed by atoms with Gasteiger partial charge in [0.15, 0.2) is 0 Å². The van der Waals surface area contributed by atoms with Gasteiger partial charge in [0, 0.05) is 37.4 Å². The summed E-state index contributed by atoms with van der Waals surface area (Å²) in [5, 5.41) is 32.6. The van der Waals surface area contributed by atoms with Crippen LogP contribution in [0.4, 0.5) is 25.8 Å². The Labute approximate surface area is 303 Å². The van der Waals surface area contributed by atoms with E-state index in [9.17, 15) is 43.4 Å². The molecule has 4 N–H and O–H groups in total. The lowest BCUT2D eigenvalue weighted by atomic mass is 10.1. The number of carbonyl (C=O) groups excluding carboxylic acids is 1. The number of amides is 1. The summed E-state index contributed by atoms with van der Waals surface area (Å²) in [5.41, 5.74) is 6.47. The third-order valence-electron chi connectivity index (χ3n) is 7.13. The van der Waals surface area contributed by atoms with Crippen LogP contribution < -0.4 is 16.6 Å². The highest BCUT2D eigenvalue weighted by Crippen LogP contribution is 2.20. The van der Waals surface area contributed by atoms with Crippen molar-refractivity contribution in [2.45, 2.75) is 25.3 Å². The SMILES string of the molecule is Nc1cc([N+](=O)[O-])ccc1C(=O)O.O=C(CCl)NCCc1ccc(F)cc1.O=c1c2ccc([N+](=O)[O-])cc2nc(CCl)n1CCc1ccc(F)cc1. The topological polar surface area (TPSA) is 214 Å². The third kappa shape index (κ3) is 11.8. The Hall–Kier alpha value is -6.00. The molecule has 0 spiro atoms. The highest BCUT2D eigenvalue weighted by molar-refractivity contribution is 6.27. The number of non-ortho nitro benzene ring substituents is 2. The van der Waals surface area contributed by atoms with E-state index < -0.39 is 15.8 Å². The minimum Gasteiger partial charge on any atom is -0.478 e. The molecule has 0 saturated carbocycles. The fourth-order valence-corrected chi connectivity index (χ4v) is 4.80. The van der Waals surface area contributed by atoms with Gasteiger partial charge < -0.3 is 16.2 Å². The number of aromatic carboxylic acids is 1. The fourth-order valence-electron chi connectivity index (χ4n) is 4.50. The number of benzene rings is 4. The number of nitrogens with zero attached hydrogens (tertiary/aromatic N) is 4. The van der Waals surface area contributed by atoms with Crippen LogP contribution in [0.5, 0.6) is 0 Å². The maximum Gasteiger partial charge on any atom is 0.337 e. The predicted octanol–water partition coefficient (Wildman–Crippen LogP) is 6.02. The molecule has 0 unspecified atom stereocenters. The molecule has 5 rings (SSSR count). The number of nitro benzene ring substituents is 2. The number of carbonyl (C=O) groups is 2. The largest absolute Gasteiger partial charge is 0.478 e. The zero-order chi connectivity index (χ0) is 38.4. The lowest BCUT2D eigenvalue weighted by molar-refractivity contribution is -0.384. The van der Waals surface area contributed by atoms with Gasteiger partial charge >= 0.3 is 5.97 Å². The van der Waals surface area contributed by atoms with E-state index in [4.69, 9.17) is 34.0 Å². The van der Waals surface area contributed by atoms with Crippen LogP contribution in [0.2, 0.25) is 0 Å². The molecule has 0 bridgehead atoms. The van der Waals surface area contributed by atoms with E-state index in [1.54, 1.807) is 24.3 Å². The van der Waals surface area contributed by atoms with Crippen molar-refractivity contribution in [2.75, 3.05) is 18.2 Å². The molecule has 0 aliphatic rings. The van der Waals surface area contributed by atoms with Crippen molar-refractivity contribution in [2.24, 2.45) is 0 Å². The van der Waals surface area contributed by atoms with Crippen molar-refractivity contribution in [1.82, 2.24) is 14.9 Å². The van der Waals surface area contributed by atoms with Gasteiger partial charge in [-0.05, 0) is 60.4 Å². The molecule has 18 heteroatoms. The fraction of sp³-hybridized carbons (Fsp3) is 0.176. The zero-order valence-electron chi connectivity index (χ0n) is 27.0. The van der Waals surface area contributed by atoms with E-state index in [2.05, 4.69) is 10.3 Å². The monoisotopic (exact) mass is 758 g/mol. The Morgan fingerprint density at radius 1 is 0.846 bits per heavy atom. The summed E-state index contributed by atoms with van der Waals surface area (Å²) in [6.07, 6.45) is 1.19. The van der Waals surface area contributed by atoms with Crippen LogP contribution in [0, 0.1) is 31.9 Å². The number of alkyl halides is 2. The molecule has 0 radical (unpaired) electrons. The number of aryl methyl sites for hydroxylation is 1. The van der Waals surface area contributed by atoms with Crippen molar-refractivity contribution < 1.29 is 33.3 Å². The van der Waals surface area contributed by atoms with Gasteiger partial charge in [-0.15, -0.1) is 23.2 Å². The Morgan fingerprint density at radius 2 is 1.38 bits per heavy atom. The quantitative estimate of drug-likeness (QED) is 0.0616. The number of aromatic nitrogens is 2. The standard InChI is InChI=1S/C17H13ClFN3O3.C10H11ClFNO.C7H6N2O4/c18-10-16-20-15-9-13(22(24)25)5-6-14(15)17(23)21(16)8-7-11-1-3-12(19)4-2-11;11-7-10(14)13-6-5-8-1-3-9(12)4-2-8;8-6-3-4(9(12)13)1-2-5(6)7(10)11/h1-6,9H,7-8,10H2;1-4H,5-7H2,(H,13,14);1-3H,8H2,(H,10,11). The summed E-state index contributed by atoms with van der Waals surface area (Å²) in [7, 11) is 0. The first-order valence-corrected chi connectivity index (χ1v) is 16.1. The van der Waals surface area contributed by atoms with E-state index in [0.29, 0.717) is 37.1 Å². The second-order valence-electron chi connectivity index (χ2n) is 10.6. The number of nitrogens with one attached hydrogen (secondary N) is 1. The van der Waals surface area contributed by atoms with Crippen LogP contribution in [-0.2, 0) is 30.1 Å². The molecule has 0 fully saturated rings. The highest BCUT2D eigenvalue weighted by Gasteiger charge is 2.15. The Morgan fingerprint density at radius 3 is 1.88 bits per heavy atom. The molecule has 0 aliphatic carbocycles. The molecule has 272 valence electrons. The molecule has 0 aliphatic heterocycles. The van der Waals surface area contributed by atoms with Gasteiger partial charge in [0.05, 0.1) is 37.9 Å². The Balaban J connectivity index is 0.000000230. The van der Waals surface area contributed by atoms with E-state index in [0.717, 1.165) is 29.3 Å². The molecule has 1 heterocycles. The summed E-state index contributed by atoms with van der Waals surface area (Å²) < 4.78 is 26.9. The smallest absolute Gasteiger partial charge is 0.337 e. The van der Waals surface area contributed by atoms with Crippen LogP contribution >= 0.6 is 23.2 Å². The molecule has 1 amide bonds. The van der Waals surface area contributed by atoms with Crippen LogP contribution in [0.25, 0.3) is 10.9 Å². The number of carboxylic acid groups (broad SMARTS) is 1. The molecular formula is C34H30Cl2F2N6O8. The first-order valence-electron chi connectivity index (χ1n) is 15.1. The van der Waals surface area contributed by atoms with Crippen molar-refractivity contribution in [3.05, 3.63) is 150 Å². The average molecular weight is 760 g/mol. The van der Waals surface area contributed by atoms with Crippen LogP contribution in [-0.4, -0.2) is 48.8 Å². The van der Waals surface area contributed by atoms with Crippen LogP contribution in [0.15, 0.2) is 89.7 Å². The number of rotatable bonds is 11. The van der Waals surface area contributed by atoms with E-state index >= 15 is 0 Å². The number of hydrogen-bond donors (Lipinski definition) is 3. The van der Waals surface area contributed by atoms with Crippen molar-refractivity contribution >= 4 is 63.0 Å². The summed E-state index contributed by atoms with van der Waals surface area (Å²) >= 11 is 11.2.